The molecule has 1 aromatic carbocycles. The maximum atomic E-state index is 11.9. The summed E-state index contributed by atoms with van der Waals surface area (Å²) in [5, 5.41) is 0. The van der Waals surface area contributed by atoms with Gasteiger partial charge in [0.25, 0.3) is 6.43 Å². The predicted molar refractivity (Wildman–Crippen MR) is 50.4 cm³/mol. The molecule has 1 rings (SSSR count). The quantitative estimate of drug-likeness (QED) is 0.678. The molecule has 0 atom stereocenters. The first-order chi connectivity index (χ1) is 5.70. The van der Waals surface area contributed by atoms with Gasteiger partial charge in [-0.05, 0) is 12.1 Å². The Balaban J connectivity index is 0.000000561. The van der Waals surface area contributed by atoms with Gasteiger partial charge < -0.3 is 0 Å². The molecule has 0 unspecified atom stereocenters. The third-order valence-electron chi connectivity index (χ3n) is 1.12. The zero-order chi connectivity index (χ0) is 9.56. The SMILES string of the molecule is CC.FC(F)c1ccc(Br)cc1. The van der Waals surface area contributed by atoms with E-state index in [0.717, 1.165) is 4.47 Å². The summed E-state index contributed by atoms with van der Waals surface area (Å²) in [5.41, 5.74) is 0.0585. The number of hydrogen-bond donors (Lipinski definition) is 0. The standard InChI is InChI=1S/C7H5BrF2.C2H6/c8-6-3-1-5(2-4-6)7(9)10;1-2/h1-4,7H;1-2H3. The van der Waals surface area contributed by atoms with Crippen molar-refractivity contribution in [3.63, 3.8) is 0 Å². The summed E-state index contributed by atoms with van der Waals surface area (Å²) in [4.78, 5) is 0. The number of benzene rings is 1. The van der Waals surface area contributed by atoms with Crippen molar-refractivity contribution in [3.05, 3.63) is 34.3 Å². The Morgan fingerprint density at radius 1 is 1.08 bits per heavy atom. The molecule has 1 aromatic rings. The molecule has 12 heavy (non-hydrogen) atoms. The first-order valence-electron chi connectivity index (χ1n) is 3.74. The second-order valence-electron chi connectivity index (χ2n) is 1.85. The minimum absolute atomic E-state index is 0.0585. The minimum atomic E-state index is -2.37. The van der Waals surface area contributed by atoms with E-state index >= 15 is 0 Å². The highest BCUT2D eigenvalue weighted by Gasteiger charge is 2.04. The molecule has 0 nitrogen and oxygen atoms in total. The molecule has 3 heteroatoms. The number of hydrogen-bond acceptors (Lipinski definition) is 0. The van der Waals surface area contributed by atoms with Gasteiger partial charge in [-0.15, -0.1) is 0 Å². The third kappa shape index (κ3) is 3.81. The van der Waals surface area contributed by atoms with Crippen LogP contribution in [0.5, 0.6) is 0 Å². The fourth-order valence-corrected chi connectivity index (χ4v) is 0.873. The van der Waals surface area contributed by atoms with Gasteiger partial charge in [-0.3, -0.25) is 0 Å². The lowest BCUT2D eigenvalue weighted by Crippen LogP contribution is -1.80. The average molecular weight is 237 g/mol. The smallest absolute Gasteiger partial charge is 0.205 e. The monoisotopic (exact) mass is 236 g/mol. The van der Waals surface area contributed by atoms with E-state index in [1.54, 1.807) is 12.1 Å². The fourth-order valence-electron chi connectivity index (χ4n) is 0.608. The highest BCUT2D eigenvalue weighted by Crippen LogP contribution is 2.20. The Labute approximate surface area is 79.7 Å². The summed E-state index contributed by atoms with van der Waals surface area (Å²) in [6.07, 6.45) is -2.37. The summed E-state index contributed by atoms with van der Waals surface area (Å²) >= 11 is 3.15. The van der Waals surface area contributed by atoms with Gasteiger partial charge in [0.1, 0.15) is 0 Å². The Bertz CT molecular complexity index is 206. The molecule has 0 saturated carbocycles. The molecule has 0 aliphatic heterocycles. The van der Waals surface area contributed by atoms with Crippen LogP contribution in [0.3, 0.4) is 0 Å². The van der Waals surface area contributed by atoms with E-state index in [4.69, 9.17) is 0 Å². The van der Waals surface area contributed by atoms with E-state index in [1.165, 1.54) is 12.1 Å². The highest BCUT2D eigenvalue weighted by molar-refractivity contribution is 9.10. The predicted octanol–water partition coefficient (Wildman–Crippen LogP) is 4.41. The van der Waals surface area contributed by atoms with Crippen molar-refractivity contribution in [2.24, 2.45) is 0 Å². The second kappa shape index (κ2) is 6.12. The van der Waals surface area contributed by atoms with Crippen molar-refractivity contribution in [2.75, 3.05) is 0 Å². The van der Waals surface area contributed by atoms with Crippen molar-refractivity contribution in [1.29, 1.82) is 0 Å². The van der Waals surface area contributed by atoms with E-state index in [0.29, 0.717) is 0 Å². The van der Waals surface area contributed by atoms with Crippen LogP contribution in [0.15, 0.2) is 28.7 Å². The molecule has 68 valence electrons. The first-order valence-corrected chi connectivity index (χ1v) is 4.53. The lowest BCUT2D eigenvalue weighted by molar-refractivity contribution is 0.151. The Morgan fingerprint density at radius 3 is 1.83 bits per heavy atom. The lowest BCUT2D eigenvalue weighted by atomic mass is 10.2. The van der Waals surface area contributed by atoms with Crippen LogP contribution in [0.1, 0.15) is 25.8 Å². The van der Waals surface area contributed by atoms with Gasteiger partial charge >= 0.3 is 0 Å². The molecule has 0 radical (unpaired) electrons. The van der Waals surface area contributed by atoms with Crippen LogP contribution in [0.4, 0.5) is 8.78 Å². The zero-order valence-corrected chi connectivity index (χ0v) is 8.61. The van der Waals surface area contributed by atoms with Gasteiger partial charge in [0.15, 0.2) is 0 Å². The van der Waals surface area contributed by atoms with E-state index in [1.807, 2.05) is 13.8 Å². The van der Waals surface area contributed by atoms with Crippen molar-refractivity contribution in [1.82, 2.24) is 0 Å². The van der Waals surface area contributed by atoms with Crippen LogP contribution in [0.2, 0.25) is 0 Å². The molecule has 0 bridgehead atoms. The summed E-state index contributed by atoms with van der Waals surface area (Å²) in [6.45, 7) is 4.00. The van der Waals surface area contributed by atoms with Crippen LogP contribution < -0.4 is 0 Å². The van der Waals surface area contributed by atoms with E-state index < -0.39 is 6.43 Å². The van der Waals surface area contributed by atoms with Crippen LogP contribution in [0, 0.1) is 0 Å². The van der Waals surface area contributed by atoms with E-state index in [-0.39, 0.29) is 5.56 Å². The Hall–Kier alpha value is -0.440. The lowest BCUT2D eigenvalue weighted by Gasteiger charge is -1.96. The van der Waals surface area contributed by atoms with Crippen LogP contribution in [-0.4, -0.2) is 0 Å². The van der Waals surface area contributed by atoms with E-state index in [2.05, 4.69) is 15.9 Å². The minimum Gasteiger partial charge on any atom is -0.205 e. The van der Waals surface area contributed by atoms with E-state index in [9.17, 15) is 8.78 Å². The topological polar surface area (TPSA) is 0 Å². The van der Waals surface area contributed by atoms with Gasteiger partial charge in [-0.1, -0.05) is 41.9 Å². The first kappa shape index (κ1) is 11.6. The van der Waals surface area contributed by atoms with Crippen molar-refractivity contribution in [3.8, 4) is 0 Å². The highest BCUT2D eigenvalue weighted by atomic mass is 79.9. The number of alkyl halides is 2. The van der Waals surface area contributed by atoms with Gasteiger partial charge in [0.05, 0.1) is 0 Å². The maximum absolute atomic E-state index is 11.9. The number of rotatable bonds is 1. The van der Waals surface area contributed by atoms with Crippen molar-refractivity contribution in [2.45, 2.75) is 20.3 Å². The zero-order valence-electron chi connectivity index (χ0n) is 7.02. The van der Waals surface area contributed by atoms with Gasteiger partial charge in [-0.2, -0.15) is 0 Å². The molecule has 0 aliphatic carbocycles. The van der Waals surface area contributed by atoms with Crippen molar-refractivity contribution >= 4 is 15.9 Å². The molecular weight excluding hydrogens is 226 g/mol. The van der Waals surface area contributed by atoms with Crippen LogP contribution in [0.25, 0.3) is 0 Å². The molecule has 0 fully saturated rings. The molecule has 0 N–H and O–H groups in total. The van der Waals surface area contributed by atoms with Crippen LogP contribution >= 0.6 is 15.9 Å². The summed E-state index contributed by atoms with van der Waals surface area (Å²) < 4.78 is 24.6. The van der Waals surface area contributed by atoms with Gasteiger partial charge in [0, 0.05) is 10.0 Å². The molecule has 0 saturated heterocycles. The molecule has 0 spiro atoms. The maximum Gasteiger partial charge on any atom is 0.263 e. The molecular formula is C9H11BrF2. The Kier molecular flexibility index (Phi) is 5.89. The largest absolute Gasteiger partial charge is 0.263 e. The normalized spacial score (nSPS) is 9.17. The summed E-state index contributed by atoms with van der Waals surface area (Å²) in [6, 6.07) is 5.99. The van der Waals surface area contributed by atoms with Crippen molar-refractivity contribution < 1.29 is 8.78 Å². The molecule has 0 aromatic heterocycles. The number of halogens is 3. The summed E-state index contributed by atoms with van der Waals surface area (Å²) in [5.74, 6) is 0. The Morgan fingerprint density at radius 2 is 1.50 bits per heavy atom. The molecule has 0 amide bonds. The molecule has 0 heterocycles. The average Bonchev–Trinajstić information content (AvgIpc) is 2.09. The van der Waals surface area contributed by atoms with Crippen LogP contribution in [-0.2, 0) is 0 Å². The molecule has 0 aliphatic rings. The van der Waals surface area contributed by atoms with Gasteiger partial charge in [-0.25, -0.2) is 8.78 Å². The summed E-state index contributed by atoms with van der Waals surface area (Å²) in [7, 11) is 0. The fraction of sp³-hybridized carbons (Fsp3) is 0.333. The van der Waals surface area contributed by atoms with Gasteiger partial charge in [0.2, 0.25) is 0 Å². The third-order valence-corrected chi connectivity index (χ3v) is 1.65. The second-order valence-corrected chi connectivity index (χ2v) is 2.77.